The molecule has 1 aromatic rings. The number of aliphatic carboxylic acids is 1. The summed E-state index contributed by atoms with van der Waals surface area (Å²) < 4.78 is 0. The zero-order chi connectivity index (χ0) is 11.9. The number of hydrogen-bond donors (Lipinski definition) is 4. The molecule has 1 aliphatic rings. The molecule has 0 radical (unpaired) electrons. The van der Waals surface area contributed by atoms with Gasteiger partial charge in [0.2, 0.25) is 0 Å². The Bertz CT molecular complexity index is 436. The molecular formula is C11H12O5. The fourth-order valence-corrected chi connectivity index (χ4v) is 2.00. The maximum absolute atomic E-state index is 10.8. The molecule has 1 aliphatic carbocycles. The summed E-state index contributed by atoms with van der Waals surface area (Å²) in [5.74, 6) is -1.58. The second-order valence-corrected chi connectivity index (χ2v) is 4.10. The van der Waals surface area contributed by atoms with E-state index >= 15 is 0 Å². The molecular weight excluding hydrogens is 212 g/mol. The van der Waals surface area contributed by atoms with Crippen molar-refractivity contribution < 1.29 is 25.2 Å². The molecule has 1 saturated carbocycles. The van der Waals surface area contributed by atoms with Gasteiger partial charge in [0.25, 0.3) is 0 Å². The van der Waals surface area contributed by atoms with E-state index in [1.54, 1.807) is 0 Å². The van der Waals surface area contributed by atoms with Crippen LogP contribution in [0.3, 0.4) is 0 Å². The molecule has 1 unspecified atom stereocenters. The summed E-state index contributed by atoms with van der Waals surface area (Å²) in [7, 11) is 0. The lowest BCUT2D eigenvalue weighted by Crippen LogP contribution is -2.33. The van der Waals surface area contributed by atoms with Crippen LogP contribution in [0.15, 0.2) is 18.2 Å². The van der Waals surface area contributed by atoms with E-state index in [2.05, 4.69) is 0 Å². The number of phenolic OH excluding ortho intramolecular Hbond substituents is 2. The minimum Gasteiger partial charge on any atom is -0.508 e. The number of aliphatic hydroxyl groups excluding tert-OH is 1. The van der Waals surface area contributed by atoms with Gasteiger partial charge < -0.3 is 20.4 Å². The van der Waals surface area contributed by atoms with Crippen LogP contribution >= 0.6 is 0 Å². The molecule has 0 saturated heterocycles. The highest BCUT2D eigenvalue weighted by Gasteiger charge is 2.54. The van der Waals surface area contributed by atoms with Crippen molar-refractivity contribution >= 4 is 5.97 Å². The smallest absolute Gasteiger partial charge is 0.333 e. The molecule has 0 aliphatic heterocycles. The van der Waals surface area contributed by atoms with Gasteiger partial charge in [-0.05, 0) is 18.9 Å². The number of carbonyl (C=O) groups is 1. The Morgan fingerprint density at radius 1 is 1.31 bits per heavy atom. The van der Waals surface area contributed by atoms with Gasteiger partial charge in [-0.25, -0.2) is 4.79 Å². The highest BCUT2D eigenvalue weighted by Crippen LogP contribution is 2.54. The molecule has 16 heavy (non-hydrogen) atoms. The SMILES string of the molecule is O=C(O)C(O)C1(c2ccc(O)cc2O)CC1. The summed E-state index contributed by atoms with van der Waals surface area (Å²) >= 11 is 0. The van der Waals surface area contributed by atoms with Crippen molar-refractivity contribution in [3.8, 4) is 11.5 Å². The summed E-state index contributed by atoms with van der Waals surface area (Å²) in [6, 6.07) is 3.96. The molecule has 0 aromatic heterocycles. The third kappa shape index (κ3) is 1.49. The Labute approximate surface area is 91.6 Å². The van der Waals surface area contributed by atoms with Crippen molar-refractivity contribution in [2.45, 2.75) is 24.4 Å². The molecule has 0 heterocycles. The van der Waals surface area contributed by atoms with E-state index in [9.17, 15) is 15.0 Å². The van der Waals surface area contributed by atoms with Crippen LogP contribution < -0.4 is 0 Å². The molecule has 4 N–H and O–H groups in total. The minimum absolute atomic E-state index is 0.0955. The lowest BCUT2D eigenvalue weighted by atomic mass is 9.89. The summed E-state index contributed by atoms with van der Waals surface area (Å²) in [6.45, 7) is 0. The van der Waals surface area contributed by atoms with Crippen molar-refractivity contribution in [1.82, 2.24) is 0 Å². The van der Waals surface area contributed by atoms with Gasteiger partial charge in [0, 0.05) is 17.0 Å². The van der Waals surface area contributed by atoms with Crippen molar-refractivity contribution in [3.63, 3.8) is 0 Å². The molecule has 5 nitrogen and oxygen atoms in total. The number of carboxylic acids is 1. The van der Waals surface area contributed by atoms with Crippen molar-refractivity contribution in [3.05, 3.63) is 23.8 Å². The van der Waals surface area contributed by atoms with Crippen LogP contribution in [0, 0.1) is 0 Å². The van der Waals surface area contributed by atoms with Gasteiger partial charge in [-0.3, -0.25) is 0 Å². The van der Waals surface area contributed by atoms with Gasteiger partial charge >= 0.3 is 5.97 Å². The largest absolute Gasteiger partial charge is 0.508 e. The summed E-state index contributed by atoms with van der Waals surface area (Å²) in [5, 5.41) is 37.1. The van der Waals surface area contributed by atoms with Crippen LogP contribution in [0.5, 0.6) is 11.5 Å². The molecule has 1 fully saturated rings. The van der Waals surface area contributed by atoms with Gasteiger partial charge in [0.1, 0.15) is 11.5 Å². The maximum atomic E-state index is 10.8. The average molecular weight is 224 g/mol. The third-order valence-electron chi connectivity index (χ3n) is 3.06. The normalized spacial score (nSPS) is 19.1. The molecule has 2 rings (SSSR count). The minimum atomic E-state index is -1.53. The van der Waals surface area contributed by atoms with Crippen molar-refractivity contribution in [2.75, 3.05) is 0 Å². The van der Waals surface area contributed by atoms with Crippen LogP contribution in [-0.4, -0.2) is 32.5 Å². The predicted molar refractivity (Wildman–Crippen MR) is 54.3 cm³/mol. The van der Waals surface area contributed by atoms with E-state index in [0.717, 1.165) is 6.07 Å². The molecule has 1 aromatic carbocycles. The Balaban J connectivity index is 2.40. The topological polar surface area (TPSA) is 98.0 Å². The lowest BCUT2D eigenvalue weighted by Gasteiger charge is -2.20. The molecule has 0 spiro atoms. The third-order valence-corrected chi connectivity index (χ3v) is 3.06. The zero-order valence-corrected chi connectivity index (χ0v) is 8.42. The number of benzene rings is 1. The quantitative estimate of drug-likeness (QED) is 0.602. The van der Waals surface area contributed by atoms with Crippen LogP contribution in [0.1, 0.15) is 18.4 Å². The van der Waals surface area contributed by atoms with Crippen LogP contribution in [0.4, 0.5) is 0 Å². The molecule has 0 amide bonds. The maximum Gasteiger partial charge on any atom is 0.333 e. The molecule has 0 bridgehead atoms. The molecule has 5 heteroatoms. The monoisotopic (exact) mass is 224 g/mol. The van der Waals surface area contributed by atoms with E-state index in [-0.39, 0.29) is 11.5 Å². The van der Waals surface area contributed by atoms with Crippen LogP contribution in [0.25, 0.3) is 0 Å². The highest BCUT2D eigenvalue weighted by atomic mass is 16.4. The zero-order valence-electron chi connectivity index (χ0n) is 8.42. The second kappa shape index (κ2) is 3.38. The first kappa shape index (κ1) is 10.8. The summed E-state index contributed by atoms with van der Waals surface area (Å²) in [6.07, 6.45) is -0.500. The Hall–Kier alpha value is -1.75. The van der Waals surface area contributed by atoms with Crippen molar-refractivity contribution in [2.24, 2.45) is 0 Å². The lowest BCUT2D eigenvalue weighted by molar-refractivity contribution is -0.148. The van der Waals surface area contributed by atoms with Gasteiger partial charge in [-0.1, -0.05) is 6.07 Å². The van der Waals surface area contributed by atoms with E-state index in [1.165, 1.54) is 12.1 Å². The number of carboxylic acid groups (broad SMARTS) is 1. The van der Waals surface area contributed by atoms with Gasteiger partial charge in [0.15, 0.2) is 6.10 Å². The number of phenols is 2. The van der Waals surface area contributed by atoms with E-state index in [1.807, 2.05) is 0 Å². The molecule has 1 atom stereocenters. The average Bonchev–Trinajstić information content (AvgIpc) is 2.97. The van der Waals surface area contributed by atoms with Crippen LogP contribution in [0.2, 0.25) is 0 Å². The highest BCUT2D eigenvalue weighted by molar-refractivity contribution is 5.76. The van der Waals surface area contributed by atoms with Gasteiger partial charge in [-0.2, -0.15) is 0 Å². The first-order valence-corrected chi connectivity index (χ1v) is 4.91. The predicted octanol–water partition coefficient (Wildman–Crippen LogP) is 0.575. The standard InChI is InChI=1S/C11H12O5/c12-6-1-2-7(8(13)5-6)11(3-4-11)9(14)10(15)16/h1-2,5,9,12-14H,3-4H2,(H,15,16). The first-order chi connectivity index (χ1) is 7.47. The van der Waals surface area contributed by atoms with E-state index in [4.69, 9.17) is 10.2 Å². The van der Waals surface area contributed by atoms with Gasteiger partial charge in [0.05, 0.1) is 0 Å². The first-order valence-electron chi connectivity index (χ1n) is 4.91. The number of aromatic hydroxyl groups is 2. The number of rotatable bonds is 3. The Morgan fingerprint density at radius 2 is 1.94 bits per heavy atom. The van der Waals surface area contributed by atoms with Crippen molar-refractivity contribution in [1.29, 1.82) is 0 Å². The van der Waals surface area contributed by atoms with E-state index in [0.29, 0.717) is 18.4 Å². The molecule has 86 valence electrons. The summed E-state index contributed by atoms with van der Waals surface area (Å²) in [5.41, 5.74) is -0.524. The van der Waals surface area contributed by atoms with Crippen LogP contribution in [-0.2, 0) is 10.2 Å². The van der Waals surface area contributed by atoms with Gasteiger partial charge in [-0.15, -0.1) is 0 Å². The number of hydrogen-bond acceptors (Lipinski definition) is 4. The Morgan fingerprint density at radius 3 is 2.38 bits per heavy atom. The number of aliphatic hydroxyl groups is 1. The van der Waals surface area contributed by atoms with E-state index < -0.39 is 17.5 Å². The fraction of sp³-hybridized carbons (Fsp3) is 0.364. The second-order valence-electron chi connectivity index (χ2n) is 4.10. The fourth-order valence-electron chi connectivity index (χ4n) is 2.00. The summed E-state index contributed by atoms with van der Waals surface area (Å²) in [4.78, 5) is 10.8. The Kier molecular flexibility index (Phi) is 2.27.